The Bertz CT molecular complexity index is 783. The number of aryl methyl sites for hydroxylation is 2. The van der Waals surface area contributed by atoms with Crippen LogP contribution in [0.2, 0.25) is 0 Å². The van der Waals surface area contributed by atoms with Crippen molar-refractivity contribution in [1.82, 2.24) is 19.4 Å². The average molecular weight is 354 g/mol. The molecule has 0 unspecified atom stereocenters. The molecule has 2 atom stereocenters. The Morgan fingerprint density at radius 2 is 2.29 bits per heavy atom. The summed E-state index contributed by atoms with van der Waals surface area (Å²) in [6.07, 6.45) is 4.27. The molecule has 8 nitrogen and oxygen atoms in total. The van der Waals surface area contributed by atoms with Gasteiger partial charge in [0.15, 0.2) is 0 Å². The van der Waals surface area contributed by atoms with Crippen LogP contribution in [0.15, 0.2) is 23.0 Å². The van der Waals surface area contributed by atoms with Gasteiger partial charge in [-0.3, -0.25) is 0 Å². The van der Waals surface area contributed by atoms with Gasteiger partial charge in [0.2, 0.25) is 10.0 Å². The lowest BCUT2D eigenvalue weighted by molar-refractivity contribution is 0.0816. The van der Waals surface area contributed by atoms with Crippen LogP contribution >= 0.6 is 0 Å². The van der Waals surface area contributed by atoms with Crippen molar-refractivity contribution < 1.29 is 17.7 Å². The van der Waals surface area contributed by atoms with E-state index in [1.165, 1.54) is 0 Å². The highest BCUT2D eigenvalue weighted by Gasteiger charge is 2.33. The van der Waals surface area contributed by atoms with Crippen LogP contribution in [0, 0.1) is 12.8 Å². The van der Waals surface area contributed by atoms with E-state index in [4.69, 9.17) is 9.26 Å². The minimum Gasteiger partial charge on any atom is -0.370 e. The maximum Gasteiger partial charge on any atom is 0.217 e. The monoisotopic (exact) mass is 354 g/mol. The third-order valence-electron chi connectivity index (χ3n) is 4.14. The molecule has 0 aromatic carbocycles. The summed E-state index contributed by atoms with van der Waals surface area (Å²) in [5.41, 5.74) is 0.403. The van der Waals surface area contributed by atoms with Gasteiger partial charge in [-0.15, -0.1) is 0 Å². The van der Waals surface area contributed by atoms with Crippen LogP contribution in [0.25, 0.3) is 0 Å². The first-order chi connectivity index (χ1) is 11.5. The van der Waals surface area contributed by atoms with Gasteiger partial charge in [-0.2, -0.15) is 0 Å². The Hall–Kier alpha value is -1.71. The van der Waals surface area contributed by atoms with Gasteiger partial charge in [0.1, 0.15) is 29.1 Å². The highest BCUT2D eigenvalue weighted by molar-refractivity contribution is 7.88. The van der Waals surface area contributed by atoms with Crippen molar-refractivity contribution in [1.29, 1.82) is 0 Å². The summed E-state index contributed by atoms with van der Waals surface area (Å²) in [5.74, 6) is 1.32. The van der Waals surface area contributed by atoms with Crippen molar-refractivity contribution in [3.05, 3.63) is 35.7 Å². The second kappa shape index (κ2) is 7.04. The summed E-state index contributed by atoms with van der Waals surface area (Å²) in [6, 6.07) is 1.62. The van der Waals surface area contributed by atoms with E-state index in [0.29, 0.717) is 24.6 Å². The summed E-state index contributed by atoms with van der Waals surface area (Å²) >= 11 is 0. The second-order valence-corrected chi connectivity index (χ2v) is 7.75. The third kappa shape index (κ3) is 3.85. The van der Waals surface area contributed by atoms with E-state index < -0.39 is 10.0 Å². The van der Waals surface area contributed by atoms with Gasteiger partial charge in [0.05, 0.1) is 0 Å². The molecular formula is C15H22N4O4S. The summed E-state index contributed by atoms with van der Waals surface area (Å²) in [5, 5.41) is 3.73. The molecule has 3 rings (SSSR count). The molecule has 2 aromatic heterocycles. The van der Waals surface area contributed by atoms with Crippen LogP contribution in [0.4, 0.5) is 0 Å². The highest BCUT2D eigenvalue weighted by Crippen LogP contribution is 2.33. The van der Waals surface area contributed by atoms with Gasteiger partial charge in [-0.05, 0) is 20.3 Å². The largest absolute Gasteiger partial charge is 0.370 e. The number of rotatable bonds is 7. The Morgan fingerprint density at radius 3 is 3.00 bits per heavy atom. The molecule has 1 aliphatic rings. The Balaban J connectivity index is 1.62. The lowest BCUT2D eigenvalue weighted by atomic mass is 10.0. The molecule has 9 heteroatoms. The zero-order chi connectivity index (χ0) is 17.2. The van der Waals surface area contributed by atoms with Crippen LogP contribution < -0.4 is 4.72 Å². The molecular weight excluding hydrogens is 332 g/mol. The highest BCUT2D eigenvalue weighted by atomic mass is 32.2. The van der Waals surface area contributed by atoms with Crippen molar-refractivity contribution in [3.63, 3.8) is 0 Å². The quantitative estimate of drug-likeness (QED) is 0.807. The van der Waals surface area contributed by atoms with E-state index in [-0.39, 0.29) is 17.8 Å². The Kier molecular flexibility index (Phi) is 5.02. The van der Waals surface area contributed by atoms with Crippen molar-refractivity contribution in [3.8, 4) is 0 Å². The van der Waals surface area contributed by atoms with E-state index >= 15 is 0 Å². The number of nitrogens with one attached hydrogen (secondary N) is 1. The van der Waals surface area contributed by atoms with Crippen molar-refractivity contribution in [2.75, 3.05) is 13.2 Å². The van der Waals surface area contributed by atoms with E-state index in [1.54, 1.807) is 19.2 Å². The van der Waals surface area contributed by atoms with Crippen molar-refractivity contribution >= 4 is 10.0 Å². The van der Waals surface area contributed by atoms with Crippen molar-refractivity contribution in [2.45, 2.75) is 38.7 Å². The molecule has 24 heavy (non-hydrogen) atoms. The molecule has 1 aliphatic heterocycles. The number of nitrogens with zero attached hydrogens (tertiary/aromatic N) is 3. The number of imidazole rings is 1. The lowest BCUT2D eigenvalue weighted by Crippen LogP contribution is -2.32. The van der Waals surface area contributed by atoms with Crippen LogP contribution in [0.5, 0.6) is 0 Å². The molecule has 1 N–H and O–H groups in total. The SMILES string of the molecule is CCn1ccnc1[C@@H]1OCC[C@H]1CNS(=O)(=O)Cc1cc(C)on1. The first kappa shape index (κ1) is 17.1. The van der Waals surface area contributed by atoms with Crippen LogP contribution in [0.3, 0.4) is 0 Å². The maximum absolute atomic E-state index is 12.2. The number of sulfonamides is 1. The minimum atomic E-state index is -3.47. The fraction of sp³-hybridized carbons (Fsp3) is 0.600. The predicted octanol–water partition coefficient (Wildman–Crippen LogP) is 1.40. The number of aromatic nitrogens is 3. The minimum absolute atomic E-state index is 0.0616. The molecule has 0 amide bonds. The summed E-state index contributed by atoms with van der Waals surface area (Å²) < 4.78 is 39.8. The molecule has 0 spiro atoms. The number of hydrogen-bond donors (Lipinski definition) is 1. The van der Waals surface area contributed by atoms with Crippen LogP contribution in [0.1, 0.15) is 36.7 Å². The van der Waals surface area contributed by atoms with Crippen LogP contribution in [-0.2, 0) is 27.1 Å². The normalized spacial score (nSPS) is 21.4. The third-order valence-corrected chi connectivity index (χ3v) is 5.42. The smallest absolute Gasteiger partial charge is 0.217 e. The molecule has 1 saturated heterocycles. The van der Waals surface area contributed by atoms with E-state index in [9.17, 15) is 8.42 Å². The number of ether oxygens (including phenoxy) is 1. The van der Waals surface area contributed by atoms with E-state index in [0.717, 1.165) is 18.8 Å². The van der Waals surface area contributed by atoms with Gasteiger partial charge in [-0.1, -0.05) is 5.16 Å². The van der Waals surface area contributed by atoms with E-state index in [2.05, 4.69) is 14.9 Å². The first-order valence-corrected chi connectivity index (χ1v) is 9.66. The second-order valence-electron chi connectivity index (χ2n) is 5.95. The zero-order valence-corrected chi connectivity index (χ0v) is 14.6. The molecule has 0 bridgehead atoms. The Labute approximate surface area is 141 Å². The van der Waals surface area contributed by atoms with Crippen molar-refractivity contribution in [2.24, 2.45) is 5.92 Å². The summed E-state index contributed by atoms with van der Waals surface area (Å²) in [4.78, 5) is 4.37. The van der Waals surface area contributed by atoms with Gasteiger partial charge in [-0.25, -0.2) is 18.1 Å². The average Bonchev–Trinajstić information content (AvgIpc) is 3.24. The fourth-order valence-electron chi connectivity index (χ4n) is 2.94. The molecule has 3 heterocycles. The predicted molar refractivity (Wildman–Crippen MR) is 86.6 cm³/mol. The van der Waals surface area contributed by atoms with Gasteiger partial charge >= 0.3 is 0 Å². The first-order valence-electron chi connectivity index (χ1n) is 8.00. The van der Waals surface area contributed by atoms with E-state index in [1.807, 2.05) is 17.7 Å². The molecule has 1 fully saturated rings. The topological polar surface area (TPSA) is 99.2 Å². The van der Waals surface area contributed by atoms with Crippen LogP contribution in [-0.4, -0.2) is 36.3 Å². The molecule has 0 aliphatic carbocycles. The summed E-state index contributed by atoms with van der Waals surface area (Å²) in [7, 11) is -3.47. The van der Waals surface area contributed by atoms with Gasteiger partial charge < -0.3 is 13.8 Å². The fourth-order valence-corrected chi connectivity index (χ4v) is 4.03. The van der Waals surface area contributed by atoms with Gasteiger partial charge in [0.25, 0.3) is 0 Å². The maximum atomic E-state index is 12.2. The summed E-state index contributed by atoms with van der Waals surface area (Å²) in [6.45, 7) is 5.50. The standard InChI is InChI=1S/C15H22N4O4S/c1-3-19-6-5-16-15(19)14-12(4-7-22-14)9-17-24(20,21)10-13-8-11(2)23-18-13/h5-6,8,12,14,17H,3-4,7,9-10H2,1-2H3/t12-,14+/m0/s1. The number of hydrogen-bond acceptors (Lipinski definition) is 6. The lowest BCUT2D eigenvalue weighted by Gasteiger charge is -2.19. The molecule has 0 saturated carbocycles. The zero-order valence-electron chi connectivity index (χ0n) is 13.8. The molecule has 132 valence electrons. The molecule has 0 radical (unpaired) electrons. The Morgan fingerprint density at radius 1 is 1.46 bits per heavy atom. The van der Waals surface area contributed by atoms with Gasteiger partial charge in [0, 0.05) is 44.1 Å². The molecule has 2 aromatic rings.